The summed E-state index contributed by atoms with van der Waals surface area (Å²) in [5.74, 6) is -1.25. The Labute approximate surface area is 235 Å². The van der Waals surface area contributed by atoms with Gasteiger partial charge in [0.15, 0.2) is 0 Å². The van der Waals surface area contributed by atoms with E-state index in [9.17, 15) is 27.6 Å². The Kier molecular flexibility index (Phi) is 7.73. The van der Waals surface area contributed by atoms with Crippen LogP contribution in [0.3, 0.4) is 0 Å². The van der Waals surface area contributed by atoms with Gasteiger partial charge in [-0.1, -0.05) is 6.07 Å². The van der Waals surface area contributed by atoms with E-state index in [0.29, 0.717) is 17.5 Å². The van der Waals surface area contributed by atoms with Crippen LogP contribution in [0.5, 0.6) is 0 Å². The summed E-state index contributed by atoms with van der Waals surface area (Å²) in [7, 11) is 0. The lowest BCUT2D eigenvalue weighted by atomic mass is 9.88. The summed E-state index contributed by atoms with van der Waals surface area (Å²) < 4.78 is 56.1. The molecule has 1 saturated heterocycles. The number of rotatable bonds is 10. The van der Waals surface area contributed by atoms with E-state index in [-0.39, 0.29) is 23.2 Å². The fourth-order valence-corrected chi connectivity index (χ4v) is 5.71. The zero-order valence-corrected chi connectivity index (χ0v) is 23.0. The number of urea groups is 1. The lowest BCUT2D eigenvalue weighted by Crippen LogP contribution is -2.50. The molecule has 13 heteroatoms. The van der Waals surface area contributed by atoms with Gasteiger partial charge >= 0.3 is 12.2 Å². The van der Waals surface area contributed by atoms with Gasteiger partial charge in [0.2, 0.25) is 5.91 Å². The number of aromatic nitrogens is 2. The van der Waals surface area contributed by atoms with Crippen molar-refractivity contribution in [3.8, 4) is 0 Å². The molecule has 1 aromatic carbocycles. The predicted octanol–water partition coefficient (Wildman–Crippen LogP) is 4.79. The van der Waals surface area contributed by atoms with Crippen molar-refractivity contribution < 1.29 is 31.9 Å². The normalized spacial score (nSPS) is 20.8. The summed E-state index contributed by atoms with van der Waals surface area (Å²) in [5, 5.41) is 11.6. The number of carbonyl (C=O) groups excluding carboxylic acids is 3. The molecule has 41 heavy (non-hydrogen) atoms. The van der Waals surface area contributed by atoms with E-state index in [1.165, 1.54) is 25.3 Å². The number of nitrogens with one attached hydrogen (secondary N) is 3. The van der Waals surface area contributed by atoms with Crippen LogP contribution < -0.4 is 16.0 Å². The highest BCUT2D eigenvalue weighted by molar-refractivity contribution is 6.01. The van der Waals surface area contributed by atoms with Crippen LogP contribution in [0, 0.1) is 23.6 Å². The van der Waals surface area contributed by atoms with Crippen molar-refractivity contribution in [1.29, 1.82) is 0 Å². The number of amides is 4. The molecule has 9 nitrogen and oxygen atoms in total. The predicted molar refractivity (Wildman–Crippen MR) is 141 cm³/mol. The Balaban J connectivity index is 1.33. The monoisotopic (exact) mass is 578 g/mol. The second kappa shape index (κ2) is 11.0. The minimum atomic E-state index is -4.59. The number of benzene rings is 1. The van der Waals surface area contributed by atoms with Crippen molar-refractivity contribution >= 4 is 23.5 Å². The maximum atomic E-state index is 15.2. The van der Waals surface area contributed by atoms with Gasteiger partial charge in [-0.05, 0) is 88.0 Å². The second-order valence-corrected chi connectivity index (χ2v) is 11.6. The summed E-state index contributed by atoms with van der Waals surface area (Å²) in [6.45, 7) is 4.70. The highest BCUT2D eigenvalue weighted by Gasteiger charge is 2.49. The zero-order valence-electron chi connectivity index (χ0n) is 23.0. The van der Waals surface area contributed by atoms with Crippen molar-refractivity contribution in [2.75, 3.05) is 11.9 Å². The molecule has 3 aliphatic rings. The van der Waals surface area contributed by atoms with E-state index in [1.807, 2.05) is 19.2 Å². The van der Waals surface area contributed by atoms with Crippen LogP contribution in [0.4, 0.5) is 28.0 Å². The van der Waals surface area contributed by atoms with Crippen molar-refractivity contribution in [2.24, 2.45) is 17.8 Å². The number of hydrogen-bond donors (Lipinski definition) is 3. The lowest BCUT2D eigenvalue weighted by molar-refractivity contribution is -0.150. The Bertz CT molecular complexity index is 1310. The van der Waals surface area contributed by atoms with Gasteiger partial charge in [0.1, 0.15) is 23.6 Å². The highest BCUT2D eigenvalue weighted by atomic mass is 19.4. The van der Waals surface area contributed by atoms with Gasteiger partial charge in [0.05, 0.1) is 18.3 Å². The van der Waals surface area contributed by atoms with Gasteiger partial charge in [0, 0.05) is 12.2 Å². The molecule has 4 amide bonds. The topological polar surface area (TPSA) is 108 Å². The largest absolute Gasteiger partial charge is 0.410 e. The first-order valence-electron chi connectivity index (χ1n) is 13.9. The van der Waals surface area contributed by atoms with Crippen LogP contribution in [-0.2, 0) is 4.79 Å². The number of anilines is 1. The average Bonchev–Trinajstić information content (AvgIpc) is 3.83. The van der Waals surface area contributed by atoms with Gasteiger partial charge in [-0.2, -0.15) is 18.3 Å². The SMILES string of the molecule is CC(C)n1nccc1C(=O)N[C@@H](C(=O)Nc1ccc([C@H](C)N2C[C@@H](C(F)(F)F)NC2=O)cc1F)C(C1CC1)C1CC1. The number of alkyl halides is 3. The molecular weight excluding hydrogens is 544 g/mol. The fraction of sp³-hybridized carbons (Fsp3) is 0.571. The van der Waals surface area contributed by atoms with Gasteiger partial charge < -0.3 is 20.9 Å². The lowest BCUT2D eigenvalue weighted by Gasteiger charge is -2.28. The van der Waals surface area contributed by atoms with Crippen LogP contribution in [-0.4, -0.2) is 57.3 Å². The molecule has 0 radical (unpaired) electrons. The number of hydrogen-bond acceptors (Lipinski definition) is 4. The van der Waals surface area contributed by atoms with Gasteiger partial charge in [0.25, 0.3) is 5.91 Å². The zero-order chi connectivity index (χ0) is 29.6. The van der Waals surface area contributed by atoms with Gasteiger partial charge in [-0.15, -0.1) is 0 Å². The molecule has 2 heterocycles. The standard InChI is InChI=1S/C28H34F4N6O3/c1-14(2)38-21(10-11-33-38)25(39)36-24(23(16-4-5-16)17-6-7-17)26(40)34-20-9-8-18(12-19(20)29)15(3)37-13-22(28(30,31)32)35-27(37)41/h8-12,14-17,22-24H,4-7,13H2,1-3H3,(H,34,40)(H,35,41)(H,36,39)/t15-,22-,24+/m0/s1. The second-order valence-electron chi connectivity index (χ2n) is 11.6. The maximum absolute atomic E-state index is 15.2. The Morgan fingerprint density at radius 1 is 1.07 bits per heavy atom. The van der Waals surface area contributed by atoms with Crippen LogP contribution >= 0.6 is 0 Å². The molecule has 222 valence electrons. The van der Waals surface area contributed by atoms with Crippen molar-refractivity contribution in [1.82, 2.24) is 25.3 Å². The quantitative estimate of drug-likeness (QED) is 0.352. The van der Waals surface area contributed by atoms with Crippen molar-refractivity contribution in [2.45, 2.75) is 76.8 Å². The molecule has 2 aromatic rings. The molecule has 3 fully saturated rings. The summed E-state index contributed by atoms with van der Waals surface area (Å²) in [6, 6.07) is 0.793. The molecule has 0 spiro atoms. The third-order valence-corrected chi connectivity index (χ3v) is 8.21. The molecule has 5 rings (SSSR count). The van der Waals surface area contributed by atoms with E-state index in [0.717, 1.165) is 36.6 Å². The van der Waals surface area contributed by atoms with Crippen molar-refractivity contribution in [3.05, 3.63) is 47.5 Å². The van der Waals surface area contributed by atoms with E-state index < -0.39 is 54.5 Å². The molecule has 1 aliphatic heterocycles. The molecule has 3 atom stereocenters. The summed E-state index contributed by atoms with van der Waals surface area (Å²) in [5.41, 5.74) is 0.479. The summed E-state index contributed by atoms with van der Waals surface area (Å²) >= 11 is 0. The molecule has 0 bridgehead atoms. The molecule has 3 N–H and O–H groups in total. The van der Waals surface area contributed by atoms with Crippen LogP contribution in [0.2, 0.25) is 0 Å². The third-order valence-electron chi connectivity index (χ3n) is 8.21. The number of nitrogens with zero attached hydrogens (tertiary/aromatic N) is 3. The average molecular weight is 579 g/mol. The fourth-order valence-electron chi connectivity index (χ4n) is 5.71. The van der Waals surface area contributed by atoms with E-state index in [4.69, 9.17) is 0 Å². The first-order valence-corrected chi connectivity index (χ1v) is 13.9. The third kappa shape index (κ3) is 6.18. The van der Waals surface area contributed by atoms with Gasteiger partial charge in [-0.3, -0.25) is 14.3 Å². The van der Waals surface area contributed by atoms with E-state index >= 15 is 4.39 Å². The van der Waals surface area contributed by atoms with Crippen LogP contribution in [0.15, 0.2) is 30.5 Å². The number of halogens is 4. The Hall–Kier alpha value is -3.64. The molecule has 2 aliphatic carbocycles. The van der Waals surface area contributed by atoms with Crippen molar-refractivity contribution in [3.63, 3.8) is 0 Å². The molecule has 2 saturated carbocycles. The molecular formula is C28H34F4N6O3. The maximum Gasteiger partial charge on any atom is 0.410 e. The minimum absolute atomic E-state index is 0.0679. The first kappa shape index (κ1) is 28.9. The first-order chi connectivity index (χ1) is 19.3. The van der Waals surface area contributed by atoms with E-state index in [2.05, 4.69) is 15.7 Å². The highest BCUT2D eigenvalue weighted by Crippen LogP contribution is 2.51. The number of carbonyl (C=O) groups is 3. The van der Waals surface area contributed by atoms with Crippen LogP contribution in [0.25, 0.3) is 0 Å². The Morgan fingerprint density at radius 3 is 2.27 bits per heavy atom. The Morgan fingerprint density at radius 2 is 1.73 bits per heavy atom. The van der Waals surface area contributed by atoms with Gasteiger partial charge in [-0.25, -0.2) is 9.18 Å². The van der Waals surface area contributed by atoms with Crippen LogP contribution in [0.1, 0.15) is 74.6 Å². The smallest absolute Gasteiger partial charge is 0.339 e. The molecule has 1 aromatic heterocycles. The molecule has 0 unspecified atom stereocenters. The summed E-state index contributed by atoms with van der Waals surface area (Å²) in [4.78, 5) is 40.0. The minimum Gasteiger partial charge on any atom is -0.339 e. The van der Waals surface area contributed by atoms with E-state index in [1.54, 1.807) is 10.7 Å². The summed E-state index contributed by atoms with van der Waals surface area (Å²) in [6.07, 6.45) is 0.782.